The summed E-state index contributed by atoms with van der Waals surface area (Å²) in [6.07, 6.45) is -9.80. The molecule has 0 saturated carbocycles. The van der Waals surface area contributed by atoms with E-state index < -0.39 is 24.7 Å². The Bertz CT molecular complexity index is 175. The Morgan fingerprint density at radius 2 is 1.25 bits per heavy atom. The predicted octanol–water partition coefficient (Wildman–Crippen LogP) is 3.09. The molecule has 0 spiro atoms. The molecule has 0 amide bonds. The van der Waals surface area contributed by atoms with E-state index in [0.717, 1.165) is 0 Å². The first kappa shape index (κ1) is 11.2. The van der Waals surface area contributed by atoms with E-state index in [1.54, 1.807) is 0 Å². The molecule has 0 N–H and O–H groups in total. The Labute approximate surface area is 60.9 Å². The minimum Gasteiger partial charge on any atom is -0.445 e. The average molecular weight is 199 g/mol. The normalized spacial score (nSPS) is 13.0. The van der Waals surface area contributed by atoms with Crippen LogP contribution in [0.5, 0.6) is 0 Å². The van der Waals surface area contributed by atoms with Crippen molar-refractivity contribution in [1.29, 1.82) is 0 Å². The first-order chi connectivity index (χ1) is 5.07. The third-order valence-electron chi connectivity index (χ3n) is 0.836. The molecule has 0 atom stereocenters. The van der Waals surface area contributed by atoms with Crippen molar-refractivity contribution >= 4 is 6.98 Å². The van der Waals surface area contributed by atoms with Gasteiger partial charge in [0, 0.05) is 5.47 Å². The third-order valence-corrected chi connectivity index (χ3v) is 0.836. The van der Waals surface area contributed by atoms with Crippen LogP contribution in [0.15, 0.2) is 11.6 Å². The number of alkyl halides is 3. The van der Waals surface area contributed by atoms with Crippen molar-refractivity contribution in [1.82, 2.24) is 0 Å². The monoisotopic (exact) mass is 199 g/mol. The molecule has 0 aromatic rings. The van der Waals surface area contributed by atoms with E-state index in [1.165, 1.54) is 0 Å². The summed E-state index contributed by atoms with van der Waals surface area (Å²) < 4.78 is 89.8. The number of halogens is 8. The maximum Gasteiger partial charge on any atom is 0.519 e. The van der Waals surface area contributed by atoms with Gasteiger partial charge in [-0.15, -0.1) is 0 Å². The fraction of sp³-hybridized carbons (Fsp3) is 0.333. The fourth-order valence-corrected chi connectivity index (χ4v) is 0.416. The molecule has 0 bridgehead atoms. The molecule has 9 heteroatoms. The van der Waals surface area contributed by atoms with Crippen LogP contribution in [0.25, 0.3) is 0 Å². The van der Waals surface area contributed by atoms with Crippen molar-refractivity contribution in [2.75, 3.05) is 0 Å². The molecule has 0 nitrogen and oxygen atoms in total. The van der Waals surface area contributed by atoms with Crippen molar-refractivity contribution in [2.45, 2.75) is 6.18 Å². The van der Waals surface area contributed by atoms with Gasteiger partial charge in [0.15, 0.2) is 0 Å². The highest BCUT2D eigenvalue weighted by Gasteiger charge is 2.49. The molecule has 12 heavy (non-hydrogen) atoms. The number of allylic oxidation sites excluding steroid dienone is 1. The van der Waals surface area contributed by atoms with Gasteiger partial charge in [-0.05, 0) is 0 Å². The summed E-state index contributed by atoms with van der Waals surface area (Å²) in [7, 11) is 0. The zero-order chi connectivity index (χ0) is 10.2. The molecule has 0 radical (unpaired) electrons. The Kier molecular flexibility index (Phi) is 2.76. The van der Waals surface area contributed by atoms with Crippen LogP contribution in [0.2, 0.25) is 0 Å². The minimum atomic E-state index is -6.71. The molecule has 72 valence electrons. The molecule has 0 aromatic heterocycles. The standard InChI is InChI=1S/C3BF8/c5-2(6)1(3(7,8)9)4(10,11)12/q-1. The minimum absolute atomic E-state index is 3.69. The summed E-state index contributed by atoms with van der Waals surface area (Å²) in [6.45, 7) is -6.71. The highest BCUT2D eigenvalue weighted by Crippen LogP contribution is 2.38. The van der Waals surface area contributed by atoms with Gasteiger partial charge in [-0.3, -0.25) is 0 Å². The van der Waals surface area contributed by atoms with Gasteiger partial charge in [-0.25, -0.2) is 0 Å². The Balaban J connectivity index is 5.13. The zero-order valence-corrected chi connectivity index (χ0v) is 5.10. The average Bonchev–Trinajstić information content (AvgIpc) is 1.49. The van der Waals surface area contributed by atoms with Gasteiger partial charge in [0.25, 0.3) is 0 Å². The van der Waals surface area contributed by atoms with Gasteiger partial charge in [-0.1, -0.05) is 0 Å². The van der Waals surface area contributed by atoms with Gasteiger partial charge in [0.1, 0.15) is 0 Å². The molecule has 0 aliphatic rings. The van der Waals surface area contributed by atoms with Crippen LogP contribution in [-0.2, 0) is 0 Å². The van der Waals surface area contributed by atoms with Gasteiger partial charge in [0.05, 0.1) is 0 Å². The molecule has 0 unspecified atom stereocenters. The third kappa shape index (κ3) is 2.70. The van der Waals surface area contributed by atoms with Crippen LogP contribution in [0.3, 0.4) is 0 Å². The van der Waals surface area contributed by atoms with Crippen LogP contribution in [-0.4, -0.2) is 13.2 Å². The number of hydrogen-bond donors (Lipinski definition) is 0. The lowest BCUT2D eigenvalue weighted by atomic mass is 9.79. The summed E-state index contributed by atoms with van der Waals surface area (Å²) in [5.41, 5.74) is -3.69. The number of rotatable bonds is 1. The molecule has 0 heterocycles. The van der Waals surface area contributed by atoms with Crippen molar-refractivity contribution in [2.24, 2.45) is 0 Å². The lowest BCUT2D eigenvalue weighted by Gasteiger charge is -2.20. The molecular weight excluding hydrogens is 199 g/mol. The van der Waals surface area contributed by atoms with Crippen LogP contribution in [0.4, 0.5) is 34.9 Å². The lowest BCUT2D eigenvalue weighted by Crippen LogP contribution is -2.31. The van der Waals surface area contributed by atoms with E-state index in [1.807, 2.05) is 0 Å². The second-order valence-electron chi connectivity index (χ2n) is 1.75. The van der Waals surface area contributed by atoms with Crippen molar-refractivity contribution in [3.63, 3.8) is 0 Å². The van der Waals surface area contributed by atoms with Crippen molar-refractivity contribution < 1.29 is 34.9 Å². The summed E-state index contributed by atoms with van der Waals surface area (Å²) in [4.78, 5) is 0. The lowest BCUT2D eigenvalue weighted by molar-refractivity contribution is -0.0915. The Hall–Kier alpha value is -0.755. The van der Waals surface area contributed by atoms with E-state index in [2.05, 4.69) is 0 Å². The Morgan fingerprint density at radius 3 is 1.25 bits per heavy atom. The summed E-state index contributed by atoms with van der Waals surface area (Å²) in [6, 6.07) is 0. The SMILES string of the molecule is FC(F)=C([B-](F)(F)F)C(F)(F)F. The second-order valence-corrected chi connectivity index (χ2v) is 1.75. The highest BCUT2D eigenvalue weighted by atomic mass is 19.4. The molecule has 0 saturated heterocycles. The number of hydrogen-bond acceptors (Lipinski definition) is 0. The van der Waals surface area contributed by atoms with Gasteiger partial charge >= 0.3 is 13.2 Å². The first-order valence-corrected chi connectivity index (χ1v) is 2.39. The predicted molar refractivity (Wildman–Crippen MR) is 24.4 cm³/mol. The first-order valence-electron chi connectivity index (χ1n) is 2.39. The highest BCUT2D eigenvalue weighted by molar-refractivity contribution is 6.67. The van der Waals surface area contributed by atoms with E-state index >= 15 is 0 Å². The van der Waals surface area contributed by atoms with E-state index in [9.17, 15) is 34.9 Å². The van der Waals surface area contributed by atoms with Crippen LogP contribution in [0, 0.1) is 0 Å². The molecule has 0 aliphatic carbocycles. The van der Waals surface area contributed by atoms with Gasteiger partial charge < -0.3 is 12.9 Å². The largest absolute Gasteiger partial charge is 0.519 e. The van der Waals surface area contributed by atoms with Crippen molar-refractivity contribution in [3.05, 3.63) is 11.6 Å². The van der Waals surface area contributed by atoms with Crippen molar-refractivity contribution in [3.8, 4) is 0 Å². The van der Waals surface area contributed by atoms with Gasteiger partial charge in [-0.2, -0.15) is 22.0 Å². The van der Waals surface area contributed by atoms with Gasteiger partial charge in [0.2, 0.25) is 6.08 Å². The van der Waals surface area contributed by atoms with E-state index in [4.69, 9.17) is 0 Å². The quantitative estimate of drug-likeness (QED) is 0.449. The molecule has 0 aliphatic heterocycles. The topological polar surface area (TPSA) is 0 Å². The smallest absolute Gasteiger partial charge is 0.445 e. The van der Waals surface area contributed by atoms with E-state index in [-0.39, 0.29) is 0 Å². The molecule has 0 fully saturated rings. The summed E-state index contributed by atoms with van der Waals surface area (Å²) in [5, 5.41) is 0. The molecular formula is C3BF8-. The second kappa shape index (κ2) is 2.94. The van der Waals surface area contributed by atoms with E-state index in [0.29, 0.717) is 0 Å². The zero-order valence-electron chi connectivity index (χ0n) is 5.10. The summed E-state index contributed by atoms with van der Waals surface area (Å²) >= 11 is 0. The maximum atomic E-state index is 11.3. The molecule has 0 rings (SSSR count). The fourth-order valence-electron chi connectivity index (χ4n) is 0.416. The Morgan fingerprint density at radius 1 is 0.917 bits per heavy atom. The molecule has 0 aromatic carbocycles. The van der Waals surface area contributed by atoms with Crippen LogP contribution in [0.1, 0.15) is 0 Å². The van der Waals surface area contributed by atoms with Crippen LogP contribution < -0.4 is 0 Å². The maximum absolute atomic E-state index is 11.3. The van der Waals surface area contributed by atoms with Crippen LogP contribution >= 0.6 is 0 Å². The summed E-state index contributed by atoms with van der Waals surface area (Å²) in [5.74, 6) is 0.